The van der Waals surface area contributed by atoms with Gasteiger partial charge in [-0.05, 0) is 42.8 Å². The molecule has 0 aliphatic rings. The number of thiazole rings is 1. The van der Waals surface area contributed by atoms with Crippen LogP contribution < -0.4 is 26.6 Å². The second-order valence-electron chi connectivity index (χ2n) is 6.36. The van der Waals surface area contributed by atoms with Crippen LogP contribution in [0.25, 0.3) is 10.2 Å². The number of benzene rings is 2. The molecule has 30 heavy (non-hydrogen) atoms. The molecule has 0 unspecified atom stereocenters. The van der Waals surface area contributed by atoms with Gasteiger partial charge in [0.15, 0.2) is 16.8 Å². The molecule has 0 saturated heterocycles. The van der Waals surface area contributed by atoms with Gasteiger partial charge in [-0.1, -0.05) is 23.5 Å². The summed E-state index contributed by atoms with van der Waals surface area (Å²) in [5.74, 6) is 0.988. The van der Waals surface area contributed by atoms with Crippen molar-refractivity contribution in [1.29, 1.82) is 0 Å². The molecule has 1 amide bonds. The zero-order valence-corrected chi connectivity index (χ0v) is 17.1. The average Bonchev–Trinajstić information content (AvgIpc) is 3.18. The first-order valence-corrected chi connectivity index (χ1v) is 9.81. The van der Waals surface area contributed by atoms with Gasteiger partial charge in [-0.15, -0.1) is 0 Å². The molecule has 0 radical (unpaired) electrons. The third kappa shape index (κ3) is 3.94. The third-order valence-electron chi connectivity index (χ3n) is 4.38. The summed E-state index contributed by atoms with van der Waals surface area (Å²) < 4.78 is 6.15. The van der Waals surface area contributed by atoms with Gasteiger partial charge < -0.3 is 15.8 Å². The lowest BCUT2D eigenvalue weighted by Gasteiger charge is -2.12. The second-order valence-corrected chi connectivity index (χ2v) is 7.39. The maximum absolute atomic E-state index is 12.3. The Kier molecular flexibility index (Phi) is 5.31. The molecular formula is C20H19N7O2S. The summed E-state index contributed by atoms with van der Waals surface area (Å²) in [4.78, 5) is 25.2. The van der Waals surface area contributed by atoms with E-state index in [1.807, 2.05) is 25.1 Å². The van der Waals surface area contributed by atoms with Crippen LogP contribution in [0, 0.1) is 6.92 Å². The topological polar surface area (TPSA) is 127 Å². The number of rotatable bonds is 6. The van der Waals surface area contributed by atoms with Crippen molar-refractivity contribution in [2.45, 2.75) is 6.92 Å². The van der Waals surface area contributed by atoms with Gasteiger partial charge in [-0.3, -0.25) is 15.6 Å². The number of amides is 1. The monoisotopic (exact) mass is 421 g/mol. The van der Waals surface area contributed by atoms with Crippen LogP contribution in [0.4, 0.5) is 22.5 Å². The number of ether oxygens (including phenoxy) is 1. The van der Waals surface area contributed by atoms with Crippen molar-refractivity contribution in [3.8, 4) is 5.75 Å². The highest BCUT2D eigenvalue weighted by Gasteiger charge is 2.13. The number of carbonyl (C=O) groups excluding carboxylic acids is 1. The van der Waals surface area contributed by atoms with E-state index in [1.165, 1.54) is 17.7 Å². The maximum Gasteiger partial charge on any atom is 0.269 e. The molecule has 2 aromatic heterocycles. The number of hydrogen-bond acceptors (Lipinski definition) is 9. The zero-order valence-electron chi connectivity index (χ0n) is 16.3. The molecular weight excluding hydrogens is 402 g/mol. The predicted molar refractivity (Wildman–Crippen MR) is 118 cm³/mol. The smallest absolute Gasteiger partial charge is 0.269 e. The quantitative estimate of drug-likeness (QED) is 0.349. The van der Waals surface area contributed by atoms with Gasteiger partial charge >= 0.3 is 0 Å². The van der Waals surface area contributed by atoms with Crippen molar-refractivity contribution in [3.05, 3.63) is 59.9 Å². The molecule has 4 aromatic rings. The molecule has 0 fully saturated rings. The molecule has 0 aliphatic heterocycles. The van der Waals surface area contributed by atoms with Gasteiger partial charge in [0.2, 0.25) is 0 Å². The number of anilines is 4. The highest BCUT2D eigenvalue weighted by Crippen LogP contribution is 2.32. The van der Waals surface area contributed by atoms with Crippen LogP contribution in [-0.2, 0) is 0 Å². The van der Waals surface area contributed by atoms with Crippen LogP contribution in [0.3, 0.4) is 0 Å². The lowest BCUT2D eigenvalue weighted by molar-refractivity contribution is 0.0962. The van der Waals surface area contributed by atoms with Crippen LogP contribution in [0.1, 0.15) is 15.9 Å². The first-order chi connectivity index (χ1) is 14.5. The number of aromatic nitrogens is 3. The highest BCUT2D eigenvalue weighted by atomic mass is 32.1. The summed E-state index contributed by atoms with van der Waals surface area (Å²) in [6.45, 7) is 2.01. The highest BCUT2D eigenvalue weighted by molar-refractivity contribution is 7.22. The number of hydrazine groups is 1. The fraction of sp³-hybridized carbons (Fsp3) is 0.100. The molecule has 0 bridgehead atoms. The number of methoxy groups -OCH3 is 1. The van der Waals surface area contributed by atoms with E-state index in [-0.39, 0.29) is 17.4 Å². The van der Waals surface area contributed by atoms with Gasteiger partial charge in [0.05, 0.1) is 17.3 Å². The lowest BCUT2D eigenvalue weighted by atomic mass is 10.2. The summed E-state index contributed by atoms with van der Waals surface area (Å²) in [7, 11) is 1.57. The van der Waals surface area contributed by atoms with E-state index in [2.05, 4.69) is 31.1 Å². The SMILES string of the molecule is COc1ccc(C(=O)NNc2ncnc(Nc3nc4c(C)cccc4s3)c2N)cc1. The Balaban J connectivity index is 1.48. The minimum atomic E-state index is -0.341. The summed E-state index contributed by atoms with van der Waals surface area (Å²) >= 11 is 1.50. The van der Waals surface area contributed by atoms with Gasteiger partial charge in [0.25, 0.3) is 5.91 Å². The Labute approximate surface area is 176 Å². The van der Waals surface area contributed by atoms with Gasteiger partial charge in [0, 0.05) is 5.56 Å². The van der Waals surface area contributed by atoms with E-state index in [0.717, 1.165) is 15.8 Å². The fourth-order valence-electron chi connectivity index (χ4n) is 2.77. The summed E-state index contributed by atoms with van der Waals surface area (Å²) in [5, 5.41) is 3.79. The molecule has 0 saturated carbocycles. The van der Waals surface area contributed by atoms with E-state index < -0.39 is 0 Å². The standard InChI is InChI=1S/C20H19N7O2S/c1-11-4-3-5-14-16(11)24-20(30-14)25-17-15(21)18(23-10-22-17)26-27-19(28)12-6-8-13(29-2)9-7-12/h3-10H,21H2,1-2H3,(H,27,28)(H2,22,23,24,25,26). The Hall–Kier alpha value is -3.92. The van der Waals surface area contributed by atoms with E-state index in [9.17, 15) is 4.79 Å². The number of hydrogen-bond donors (Lipinski definition) is 4. The number of nitrogens with two attached hydrogens (primary N) is 1. The largest absolute Gasteiger partial charge is 0.497 e. The van der Waals surface area contributed by atoms with Crippen molar-refractivity contribution in [3.63, 3.8) is 0 Å². The molecule has 152 valence electrons. The normalized spacial score (nSPS) is 10.6. The van der Waals surface area contributed by atoms with Crippen molar-refractivity contribution < 1.29 is 9.53 Å². The predicted octanol–water partition coefficient (Wildman–Crippen LogP) is 3.49. The van der Waals surface area contributed by atoms with Gasteiger partial charge in [-0.25, -0.2) is 15.0 Å². The van der Waals surface area contributed by atoms with E-state index in [0.29, 0.717) is 22.3 Å². The van der Waals surface area contributed by atoms with Crippen molar-refractivity contribution in [2.24, 2.45) is 0 Å². The van der Waals surface area contributed by atoms with E-state index in [4.69, 9.17) is 10.5 Å². The van der Waals surface area contributed by atoms with Gasteiger partial charge in [0.1, 0.15) is 17.8 Å². The molecule has 9 nitrogen and oxygen atoms in total. The van der Waals surface area contributed by atoms with E-state index >= 15 is 0 Å². The number of fused-ring (bicyclic) bond motifs is 1. The third-order valence-corrected chi connectivity index (χ3v) is 5.31. The molecule has 0 spiro atoms. The molecule has 4 rings (SSSR count). The van der Waals surface area contributed by atoms with Crippen LogP contribution in [-0.4, -0.2) is 28.0 Å². The molecule has 2 heterocycles. The van der Waals surface area contributed by atoms with Crippen LogP contribution in [0.15, 0.2) is 48.8 Å². The number of nitrogens with zero attached hydrogens (tertiary/aromatic N) is 3. The first-order valence-electron chi connectivity index (χ1n) is 8.99. The first kappa shape index (κ1) is 19.4. The van der Waals surface area contributed by atoms with Gasteiger partial charge in [-0.2, -0.15) is 0 Å². The number of para-hydroxylation sites is 1. The number of nitrogen functional groups attached to an aromatic ring is 1. The van der Waals surface area contributed by atoms with E-state index in [1.54, 1.807) is 31.4 Å². The minimum Gasteiger partial charge on any atom is -0.497 e. The number of carbonyl (C=O) groups is 1. The molecule has 0 aliphatic carbocycles. The Morgan fingerprint density at radius 1 is 1.10 bits per heavy atom. The molecule has 0 atom stereocenters. The van der Waals surface area contributed by atoms with Crippen molar-refractivity contribution in [1.82, 2.24) is 20.4 Å². The summed E-state index contributed by atoms with van der Waals surface area (Å²) in [6.07, 6.45) is 1.35. The van der Waals surface area contributed by atoms with Crippen molar-refractivity contribution >= 4 is 49.9 Å². The Bertz CT molecular complexity index is 1210. The van der Waals surface area contributed by atoms with Crippen LogP contribution in [0.5, 0.6) is 5.75 Å². The molecule has 5 N–H and O–H groups in total. The van der Waals surface area contributed by atoms with Crippen molar-refractivity contribution in [2.75, 3.05) is 23.6 Å². The Morgan fingerprint density at radius 3 is 2.60 bits per heavy atom. The maximum atomic E-state index is 12.3. The molecule has 2 aromatic carbocycles. The second kappa shape index (κ2) is 8.21. The lowest BCUT2D eigenvalue weighted by Crippen LogP contribution is -2.30. The minimum absolute atomic E-state index is 0.253. The summed E-state index contributed by atoms with van der Waals surface area (Å²) in [6, 6.07) is 12.7. The number of aryl methyl sites for hydroxylation is 1. The fourth-order valence-corrected chi connectivity index (χ4v) is 3.71. The summed E-state index contributed by atoms with van der Waals surface area (Å²) in [5.41, 5.74) is 14.2. The average molecular weight is 421 g/mol. The zero-order chi connectivity index (χ0) is 21.1. The van der Waals surface area contributed by atoms with Crippen LogP contribution >= 0.6 is 11.3 Å². The Morgan fingerprint density at radius 2 is 1.87 bits per heavy atom. The van der Waals surface area contributed by atoms with Crippen LogP contribution in [0.2, 0.25) is 0 Å². The molecule has 10 heteroatoms. The number of nitrogens with one attached hydrogen (secondary N) is 3.